The molecule has 1 heterocycles. The van der Waals surface area contributed by atoms with Crippen LogP contribution in [-0.4, -0.2) is 44.5 Å². The van der Waals surface area contributed by atoms with Crippen molar-refractivity contribution in [3.63, 3.8) is 0 Å². The molecule has 8 heteroatoms. The highest BCUT2D eigenvalue weighted by Gasteiger charge is 2.26. The number of aromatic nitrogens is 2. The van der Waals surface area contributed by atoms with Gasteiger partial charge in [0.1, 0.15) is 6.10 Å². The number of aryl methyl sites for hydroxylation is 1. The van der Waals surface area contributed by atoms with Crippen LogP contribution in [0.5, 0.6) is 0 Å². The fourth-order valence-corrected chi connectivity index (χ4v) is 1.44. The van der Waals surface area contributed by atoms with Crippen molar-refractivity contribution in [2.45, 2.75) is 32.6 Å². The average molecular weight is 272 g/mol. The van der Waals surface area contributed by atoms with Crippen LogP contribution in [0.3, 0.4) is 0 Å². The molecule has 1 rings (SSSR count). The summed E-state index contributed by atoms with van der Waals surface area (Å²) in [4.78, 5) is 35.8. The monoisotopic (exact) mass is 272 g/mol. The summed E-state index contributed by atoms with van der Waals surface area (Å²) in [5.41, 5.74) is -0.982. The summed E-state index contributed by atoms with van der Waals surface area (Å²) in [6.45, 7) is 2.78. The largest absolute Gasteiger partial charge is 0.464 e. The van der Waals surface area contributed by atoms with Crippen molar-refractivity contribution in [2.24, 2.45) is 0 Å². The Morgan fingerprint density at radius 1 is 1.47 bits per heavy atom. The van der Waals surface area contributed by atoms with Crippen molar-refractivity contribution in [3.05, 3.63) is 32.6 Å². The molecule has 0 saturated carbocycles. The quantitative estimate of drug-likeness (QED) is 0.540. The Bertz CT molecular complexity index is 561. The fourth-order valence-electron chi connectivity index (χ4n) is 1.44. The van der Waals surface area contributed by atoms with Crippen LogP contribution in [0.1, 0.15) is 12.5 Å². The van der Waals surface area contributed by atoms with Crippen molar-refractivity contribution < 1.29 is 19.7 Å². The molecule has 0 aliphatic heterocycles. The van der Waals surface area contributed by atoms with Gasteiger partial charge in [-0.25, -0.2) is 9.59 Å². The number of nitrogens with one attached hydrogen (secondary N) is 1. The molecule has 0 radical (unpaired) electrons. The van der Waals surface area contributed by atoms with Gasteiger partial charge in [0.15, 0.2) is 6.10 Å². The van der Waals surface area contributed by atoms with Crippen molar-refractivity contribution in [1.29, 1.82) is 0 Å². The van der Waals surface area contributed by atoms with Crippen molar-refractivity contribution in [2.75, 3.05) is 6.61 Å². The third-order valence-electron chi connectivity index (χ3n) is 2.47. The number of carbonyl (C=O) groups is 1. The van der Waals surface area contributed by atoms with Crippen molar-refractivity contribution in [3.8, 4) is 0 Å². The third-order valence-corrected chi connectivity index (χ3v) is 2.47. The predicted molar refractivity (Wildman–Crippen MR) is 64.7 cm³/mol. The molecule has 0 saturated heterocycles. The molecule has 0 amide bonds. The van der Waals surface area contributed by atoms with E-state index >= 15 is 0 Å². The van der Waals surface area contributed by atoms with Gasteiger partial charge in [-0.2, -0.15) is 0 Å². The number of rotatable bonds is 5. The second-order valence-electron chi connectivity index (χ2n) is 3.99. The molecule has 0 spiro atoms. The van der Waals surface area contributed by atoms with E-state index in [1.54, 1.807) is 6.92 Å². The molecule has 2 atom stereocenters. The maximum Gasteiger partial charge on any atom is 0.337 e. The van der Waals surface area contributed by atoms with Crippen LogP contribution in [0.25, 0.3) is 0 Å². The first-order valence-electron chi connectivity index (χ1n) is 5.70. The van der Waals surface area contributed by atoms with Gasteiger partial charge in [0.05, 0.1) is 13.2 Å². The summed E-state index contributed by atoms with van der Waals surface area (Å²) in [6.07, 6.45) is -2.02. The first kappa shape index (κ1) is 15.1. The fraction of sp³-hybridized carbons (Fsp3) is 0.545. The van der Waals surface area contributed by atoms with Gasteiger partial charge in [-0.05, 0) is 13.8 Å². The lowest BCUT2D eigenvalue weighted by atomic mass is 10.2. The number of esters is 1. The highest BCUT2D eigenvalue weighted by Crippen LogP contribution is 2.00. The minimum absolute atomic E-state index is 0.0698. The van der Waals surface area contributed by atoms with Gasteiger partial charge in [-0.3, -0.25) is 14.3 Å². The van der Waals surface area contributed by atoms with Gasteiger partial charge in [-0.15, -0.1) is 0 Å². The maximum absolute atomic E-state index is 11.4. The predicted octanol–water partition coefficient (Wildman–Crippen LogP) is -1.87. The van der Waals surface area contributed by atoms with E-state index in [0.717, 1.165) is 4.57 Å². The number of hydrogen-bond acceptors (Lipinski definition) is 6. The number of aliphatic hydroxyl groups excluding tert-OH is 2. The van der Waals surface area contributed by atoms with E-state index in [2.05, 4.69) is 4.74 Å². The number of ether oxygens (including phenoxy) is 1. The average Bonchev–Trinajstić information content (AvgIpc) is 2.35. The number of hydrogen-bond donors (Lipinski definition) is 3. The number of aromatic amines is 1. The second-order valence-corrected chi connectivity index (χ2v) is 3.99. The lowest BCUT2D eigenvalue weighted by Crippen LogP contribution is -2.41. The Balaban J connectivity index is 2.85. The Morgan fingerprint density at radius 3 is 2.68 bits per heavy atom. The van der Waals surface area contributed by atoms with Crippen LogP contribution in [0.2, 0.25) is 0 Å². The highest BCUT2D eigenvalue weighted by atomic mass is 16.5. The van der Waals surface area contributed by atoms with E-state index in [-0.39, 0.29) is 18.7 Å². The first-order chi connectivity index (χ1) is 8.86. The molecule has 1 aromatic heterocycles. The zero-order valence-electron chi connectivity index (χ0n) is 10.6. The van der Waals surface area contributed by atoms with E-state index in [0.29, 0.717) is 0 Å². The van der Waals surface area contributed by atoms with Crippen molar-refractivity contribution in [1.82, 2.24) is 9.55 Å². The zero-order chi connectivity index (χ0) is 14.6. The van der Waals surface area contributed by atoms with E-state index in [1.165, 1.54) is 13.1 Å². The van der Waals surface area contributed by atoms with E-state index in [4.69, 9.17) is 0 Å². The normalized spacial score (nSPS) is 13.9. The van der Waals surface area contributed by atoms with E-state index in [9.17, 15) is 24.6 Å². The van der Waals surface area contributed by atoms with Gasteiger partial charge in [0.25, 0.3) is 5.56 Å². The summed E-state index contributed by atoms with van der Waals surface area (Å²) < 4.78 is 5.55. The molecule has 0 aliphatic carbocycles. The smallest absolute Gasteiger partial charge is 0.337 e. The molecule has 1 aromatic rings. The van der Waals surface area contributed by atoms with Crippen LogP contribution < -0.4 is 11.2 Å². The van der Waals surface area contributed by atoms with Gasteiger partial charge in [0.2, 0.25) is 0 Å². The molecule has 0 aliphatic rings. The Kier molecular flexibility index (Phi) is 5.02. The summed E-state index contributed by atoms with van der Waals surface area (Å²) in [5, 5.41) is 19.1. The summed E-state index contributed by atoms with van der Waals surface area (Å²) >= 11 is 0. The molecular weight excluding hydrogens is 256 g/mol. The standard InChI is InChI=1S/C11H16N2O6/c1-3-19-10(17)8(15)7(14)5-13-4-6(2)9(16)12-11(13)18/h4,7-8,14-15H,3,5H2,1-2H3,(H,12,16,18)/t7-,8-/m1/s1. The van der Waals surface area contributed by atoms with Gasteiger partial charge in [-0.1, -0.05) is 0 Å². The lowest BCUT2D eigenvalue weighted by molar-refractivity contribution is -0.159. The molecular formula is C11H16N2O6. The molecule has 0 unspecified atom stereocenters. The Labute approximate surface area is 108 Å². The van der Waals surface area contributed by atoms with Gasteiger partial charge in [0, 0.05) is 11.8 Å². The van der Waals surface area contributed by atoms with E-state index < -0.39 is 29.4 Å². The number of nitrogens with zero attached hydrogens (tertiary/aromatic N) is 1. The Morgan fingerprint density at radius 2 is 2.11 bits per heavy atom. The van der Waals surface area contributed by atoms with Gasteiger partial charge < -0.3 is 14.9 Å². The molecule has 3 N–H and O–H groups in total. The Hall–Kier alpha value is -1.93. The van der Waals surface area contributed by atoms with Crippen LogP contribution >= 0.6 is 0 Å². The first-order valence-corrected chi connectivity index (χ1v) is 5.70. The molecule has 0 aromatic carbocycles. The summed E-state index contributed by atoms with van der Waals surface area (Å²) in [6, 6.07) is 0. The number of H-pyrrole nitrogens is 1. The van der Waals surface area contributed by atoms with Crippen LogP contribution in [0.4, 0.5) is 0 Å². The molecule has 0 fully saturated rings. The summed E-state index contributed by atoms with van der Waals surface area (Å²) in [7, 11) is 0. The molecule has 8 nitrogen and oxygen atoms in total. The SMILES string of the molecule is CCOC(=O)[C@H](O)[C@H](O)Cn1cc(C)c(=O)[nH]c1=O. The highest BCUT2D eigenvalue weighted by molar-refractivity contribution is 5.75. The molecule has 19 heavy (non-hydrogen) atoms. The number of aliphatic hydroxyl groups is 2. The van der Waals surface area contributed by atoms with Gasteiger partial charge >= 0.3 is 11.7 Å². The maximum atomic E-state index is 11.4. The summed E-state index contributed by atoms with van der Waals surface area (Å²) in [5.74, 6) is -0.968. The van der Waals surface area contributed by atoms with Crippen LogP contribution in [-0.2, 0) is 16.1 Å². The minimum atomic E-state index is -1.75. The molecule has 0 bridgehead atoms. The van der Waals surface area contributed by atoms with Crippen LogP contribution in [0, 0.1) is 6.92 Å². The topological polar surface area (TPSA) is 122 Å². The van der Waals surface area contributed by atoms with Crippen molar-refractivity contribution >= 4 is 5.97 Å². The lowest BCUT2D eigenvalue weighted by Gasteiger charge is -2.17. The van der Waals surface area contributed by atoms with Crippen LogP contribution in [0.15, 0.2) is 15.8 Å². The zero-order valence-corrected chi connectivity index (χ0v) is 10.6. The second kappa shape index (κ2) is 6.30. The third kappa shape index (κ3) is 3.76. The number of carbonyl (C=O) groups excluding carboxylic acids is 1. The minimum Gasteiger partial charge on any atom is -0.464 e. The molecule has 106 valence electrons. The van der Waals surface area contributed by atoms with E-state index in [1.807, 2.05) is 4.98 Å².